The van der Waals surface area contributed by atoms with Gasteiger partial charge in [-0.05, 0) is 51.1 Å². The van der Waals surface area contributed by atoms with E-state index < -0.39 is 0 Å². The molecule has 0 aromatic heterocycles. The molecule has 26 heavy (non-hydrogen) atoms. The molecule has 2 heterocycles. The molecule has 0 bridgehead atoms. The number of benzene rings is 1. The van der Waals surface area contributed by atoms with Gasteiger partial charge in [0.15, 0.2) is 0 Å². The highest BCUT2D eigenvalue weighted by Gasteiger charge is 2.33. The van der Waals surface area contributed by atoms with Gasteiger partial charge in [-0.15, -0.1) is 0 Å². The van der Waals surface area contributed by atoms with Gasteiger partial charge in [0.2, 0.25) is 5.91 Å². The lowest BCUT2D eigenvalue weighted by Crippen LogP contribution is -2.47. The van der Waals surface area contributed by atoms with E-state index in [1.807, 2.05) is 12.1 Å². The van der Waals surface area contributed by atoms with E-state index in [1.54, 1.807) is 14.2 Å². The SMILES string of the molecule is CC[C@@H]1CCCCN1C(=O)CN1CCC[C@@H]1c1ccc(OC)cc1OC. The largest absolute Gasteiger partial charge is 0.497 e. The first-order valence-electron chi connectivity index (χ1n) is 9.93. The highest BCUT2D eigenvalue weighted by Crippen LogP contribution is 2.38. The summed E-state index contributed by atoms with van der Waals surface area (Å²) in [6, 6.07) is 6.66. The smallest absolute Gasteiger partial charge is 0.237 e. The van der Waals surface area contributed by atoms with Crippen molar-refractivity contribution >= 4 is 5.91 Å². The summed E-state index contributed by atoms with van der Waals surface area (Å²) in [5, 5.41) is 0. The van der Waals surface area contributed by atoms with Crippen LogP contribution in [0.3, 0.4) is 0 Å². The molecule has 2 saturated heterocycles. The molecule has 0 N–H and O–H groups in total. The van der Waals surface area contributed by atoms with Crippen LogP contribution in [0.5, 0.6) is 11.5 Å². The van der Waals surface area contributed by atoms with Crippen molar-refractivity contribution in [3.8, 4) is 11.5 Å². The fourth-order valence-electron chi connectivity index (χ4n) is 4.48. The van der Waals surface area contributed by atoms with Crippen molar-refractivity contribution in [2.24, 2.45) is 0 Å². The Labute approximate surface area is 157 Å². The summed E-state index contributed by atoms with van der Waals surface area (Å²) in [6.07, 6.45) is 6.77. The van der Waals surface area contributed by atoms with E-state index in [4.69, 9.17) is 9.47 Å². The van der Waals surface area contributed by atoms with Gasteiger partial charge in [0.1, 0.15) is 11.5 Å². The zero-order chi connectivity index (χ0) is 18.5. The third-order valence-corrected chi connectivity index (χ3v) is 5.92. The minimum atomic E-state index is 0.240. The second kappa shape index (κ2) is 8.76. The molecule has 0 aliphatic carbocycles. The molecule has 0 radical (unpaired) electrons. The first kappa shape index (κ1) is 19.0. The molecule has 5 heteroatoms. The van der Waals surface area contributed by atoms with Crippen LogP contribution >= 0.6 is 0 Å². The first-order chi connectivity index (χ1) is 12.7. The monoisotopic (exact) mass is 360 g/mol. The zero-order valence-corrected chi connectivity index (χ0v) is 16.4. The molecule has 2 fully saturated rings. The highest BCUT2D eigenvalue weighted by atomic mass is 16.5. The number of piperidine rings is 1. The number of likely N-dealkylation sites (tertiary alicyclic amines) is 2. The Hall–Kier alpha value is -1.75. The quantitative estimate of drug-likeness (QED) is 0.777. The van der Waals surface area contributed by atoms with Gasteiger partial charge in [-0.3, -0.25) is 9.69 Å². The van der Waals surface area contributed by atoms with E-state index in [0.717, 1.165) is 62.3 Å². The van der Waals surface area contributed by atoms with Crippen molar-refractivity contribution in [3.05, 3.63) is 23.8 Å². The number of hydrogen-bond acceptors (Lipinski definition) is 4. The fraction of sp³-hybridized carbons (Fsp3) is 0.667. The van der Waals surface area contributed by atoms with Gasteiger partial charge in [0, 0.05) is 30.3 Å². The van der Waals surface area contributed by atoms with Crippen LogP contribution in [-0.4, -0.2) is 55.6 Å². The van der Waals surface area contributed by atoms with Crippen LogP contribution in [0, 0.1) is 0 Å². The van der Waals surface area contributed by atoms with Crippen molar-refractivity contribution in [2.75, 3.05) is 33.9 Å². The van der Waals surface area contributed by atoms with Crippen LogP contribution in [0.25, 0.3) is 0 Å². The summed E-state index contributed by atoms with van der Waals surface area (Å²) >= 11 is 0. The van der Waals surface area contributed by atoms with Gasteiger partial charge in [0.05, 0.1) is 20.8 Å². The van der Waals surface area contributed by atoms with Crippen molar-refractivity contribution in [2.45, 2.75) is 57.5 Å². The Morgan fingerprint density at radius 1 is 1.12 bits per heavy atom. The molecule has 0 unspecified atom stereocenters. The van der Waals surface area contributed by atoms with Crippen LogP contribution < -0.4 is 9.47 Å². The van der Waals surface area contributed by atoms with Crippen LogP contribution in [0.2, 0.25) is 0 Å². The van der Waals surface area contributed by atoms with Crippen LogP contribution in [0.15, 0.2) is 18.2 Å². The molecular weight excluding hydrogens is 328 g/mol. The van der Waals surface area contributed by atoms with Crippen LogP contribution in [0.1, 0.15) is 57.1 Å². The lowest BCUT2D eigenvalue weighted by Gasteiger charge is -2.37. The average molecular weight is 360 g/mol. The first-order valence-corrected chi connectivity index (χ1v) is 9.93. The molecule has 2 aliphatic rings. The second-order valence-electron chi connectivity index (χ2n) is 7.38. The number of amides is 1. The number of hydrogen-bond donors (Lipinski definition) is 0. The molecule has 1 amide bonds. The number of nitrogens with zero attached hydrogens (tertiary/aromatic N) is 2. The van der Waals surface area contributed by atoms with Gasteiger partial charge in [-0.2, -0.15) is 0 Å². The lowest BCUT2D eigenvalue weighted by molar-refractivity contribution is -0.136. The van der Waals surface area contributed by atoms with E-state index >= 15 is 0 Å². The normalized spacial score (nSPS) is 23.9. The molecule has 0 spiro atoms. The van der Waals surface area contributed by atoms with E-state index in [1.165, 1.54) is 6.42 Å². The van der Waals surface area contributed by atoms with Gasteiger partial charge in [-0.25, -0.2) is 0 Å². The predicted molar refractivity (Wildman–Crippen MR) is 103 cm³/mol. The zero-order valence-electron chi connectivity index (χ0n) is 16.4. The molecule has 0 saturated carbocycles. The van der Waals surface area contributed by atoms with E-state index in [9.17, 15) is 4.79 Å². The maximum absolute atomic E-state index is 13.0. The number of rotatable bonds is 6. The third kappa shape index (κ3) is 3.98. The average Bonchev–Trinajstić information content (AvgIpc) is 3.15. The van der Waals surface area contributed by atoms with Crippen LogP contribution in [-0.2, 0) is 4.79 Å². The van der Waals surface area contributed by atoms with Crippen LogP contribution in [0.4, 0.5) is 0 Å². The number of ether oxygens (including phenoxy) is 2. The summed E-state index contributed by atoms with van der Waals surface area (Å²) in [7, 11) is 3.36. The Balaban J connectivity index is 1.73. The highest BCUT2D eigenvalue weighted by molar-refractivity contribution is 5.78. The Kier molecular flexibility index (Phi) is 6.41. The summed E-state index contributed by atoms with van der Waals surface area (Å²) in [5.74, 6) is 1.93. The third-order valence-electron chi connectivity index (χ3n) is 5.92. The number of carbonyl (C=O) groups excluding carboxylic acids is 1. The maximum Gasteiger partial charge on any atom is 0.237 e. The second-order valence-corrected chi connectivity index (χ2v) is 7.38. The number of methoxy groups -OCH3 is 2. The van der Waals surface area contributed by atoms with E-state index in [-0.39, 0.29) is 11.9 Å². The molecular formula is C21H32N2O3. The Morgan fingerprint density at radius 3 is 2.69 bits per heavy atom. The van der Waals surface area contributed by atoms with Crippen molar-refractivity contribution in [3.63, 3.8) is 0 Å². The van der Waals surface area contributed by atoms with Gasteiger partial charge in [0.25, 0.3) is 0 Å². The summed E-state index contributed by atoms with van der Waals surface area (Å²) in [5.41, 5.74) is 1.16. The van der Waals surface area contributed by atoms with Gasteiger partial charge >= 0.3 is 0 Å². The molecule has 5 nitrogen and oxygen atoms in total. The van der Waals surface area contributed by atoms with E-state index in [0.29, 0.717) is 12.6 Å². The van der Waals surface area contributed by atoms with Crippen molar-refractivity contribution in [1.82, 2.24) is 9.80 Å². The Bertz CT molecular complexity index is 619. The molecule has 1 aromatic carbocycles. The van der Waals surface area contributed by atoms with Crippen molar-refractivity contribution in [1.29, 1.82) is 0 Å². The lowest BCUT2D eigenvalue weighted by atomic mass is 9.99. The predicted octanol–water partition coefficient (Wildman–Crippen LogP) is 3.63. The minimum Gasteiger partial charge on any atom is -0.497 e. The summed E-state index contributed by atoms with van der Waals surface area (Å²) in [4.78, 5) is 17.4. The van der Waals surface area contributed by atoms with Gasteiger partial charge in [-0.1, -0.05) is 13.0 Å². The standard InChI is InChI=1S/C21H32N2O3/c1-4-16-8-5-6-13-23(16)21(24)15-22-12-7-9-19(22)18-11-10-17(25-2)14-20(18)26-3/h10-11,14,16,19H,4-9,12-13,15H2,1-3H3/t16-,19-/m1/s1. The maximum atomic E-state index is 13.0. The molecule has 2 atom stereocenters. The molecule has 1 aromatic rings. The Morgan fingerprint density at radius 2 is 1.96 bits per heavy atom. The van der Waals surface area contributed by atoms with E-state index in [2.05, 4.69) is 22.8 Å². The number of carbonyl (C=O) groups is 1. The fourth-order valence-corrected chi connectivity index (χ4v) is 4.48. The minimum absolute atomic E-state index is 0.240. The molecule has 144 valence electrons. The van der Waals surface area contributed by atoms with Crippen molar-refractivity contribution < 1.29 is 14.3 Å². The topological polar surface area (TPSA) is 42.0 Å². The molecule has 2 aliphatic heterocycles. The van der Waals surface area contributed by atoms with Gasteiger partial charge < -0.3 is 14.4 Å². The molecule has 3 rings (SSSR count). The summed E-state index contributed by atoms with van der Waals surface area (Å²) in [6.45, 7) is 4.59. The summed E-state index contributed by atoms with van der Waals surface area (Å²) < 4.78 is 10.9.